The highest BCUT2D eigenvalue weighted by Crippen LogP contribution is 2.45. The number of hydrogen-bond acceptors (Lipinski definition) is 3. The molecule has 3 heteroatoms. The first-order valence-corrected chi connectivity index (χ1v) is 21.2. The van der Waals surface area contributed by atoms with Crippen LogP contribution in [0.25, 0.3) is 76.1 Å². The molecule has 0 saturated carbocycles. The Hall–Kier alpha value is -8.27. The van der Waals surface area contributed by atoms with E-state index in [1.807, 2.05) is 12.4 Å². The van der Waals surface area contributed by atoms with Crippen LogP contribution >= 0.6 is 0 Å². The molecule has 0 saturated heterocycles. The molecule has 0 radical (unpaired) electrons. The van der Waals surface area contributed by atoms with Crippen LogP contribution in [0.3, 0.4) is 0 Å². The molecule has 62 heavy (non-hydrogen) atoms. The third-order valence-electron chi connectivity index (χ3n) is 12.4. The predicted molar refractivity (Wildman–Crippen MR) is 263 cm³/mol. The Morgan fingerprint density at radius 3 is 1.42 bits per heavy atom. The molecule has 12 rings (SSSR count). The maximum Gasteiger partial charge on any atom is 0.0540 e. The minimum absolute atomic E-state index is 1.07. The van der Waals surface area contributed by atoms with Crippen molar-refractivity contribution in [2.45, 2.75) is 0 Å². The molecule has 1 heterocycles. The van der Waals surface area contributed by atoms with Gasteiger partial charge in [0, 0.05) is 46.2 Å². The van der Waals surface area contributed by atoms with Crippen LogP contribution in [0.15, 0.2) is 237 Å². The second-order valence-corrected chi connectivity index (χ2v) is 16.0. The summed E-state index contributed by atoms with van der Waals surface area (Å²) in [5, 5.41) is 12.4. The smallest absolute Gasteiger partial charge is 0.0540 e. The van der Waals surface area contributed by atoms with Gasteiger partial charge in [-0.15, -0.1) is 0 Å². The van der Waals surface area contributed by atoms with Gasteiger partial charge in [0.25, 0.3) is 0 Å². The van der Waals surface area contributed by atoms with Gasteiger partial charge in [-0.3, -0.25) is 4.98 Å². The van der Waals surface area contributed by atoms with Crippen molar-refractivity contribution in [1.29, 1.82) is 0 Å². The summed E-state index contributed by atoms with van der Waals surface area (Å²) in [5.41, 5.74) is 11.5. The van der Waals surface area contributed by atoms with Gasteiger partial charge in [0.15, 0.2) is 0 Å². The van der Waals surface area contributed by atoms with E-state index in [0.29, 0.717) is 0 Å². The molecule has 0 aliphatic carbocycles. The van der Waals surface area contributed by atoms with Crippen LogP contribution in [0.1, 0.15) is 0 Å². The second kappa shape index (κ2) is 14.8. The lowest BCUT2D eigenvalue weighted by atomic mass is 9.90. The van der Waals surface area contributed by atoms with Gasteiger partial charge in [-0.2, -0.15) is 0 Å². The van der Waals surface area contributed by atoms with Crippen LogP contribution < -0.4 is 9.80 Å². The molecule has 0 aliphatic heterocycles. The summed E-state index contributed by atoms with van der Waals surface area (Å²) >= 11 is 0. The van der Waals surface area contributed by atoms with Gasteiger partial charge in [0.2, 0.25) is 0 Å². The van der Waals surface area contributed by atoms with Crippen molar-refractivity contribution in [3.05, 3.63) is 237 Å². The van der Waals surface area contributed by atoms with Crippen molar-refractivity contribution in [3.8, 4) is 22.3 Å². The number of anilines is 6. The molecule has 3 nitrogen and oxygen atoms in total. The lowest BCUT2D eigenvalue weighted by Gasteiger charge is -2.27. The standard InChI is InChI=1S/C59H39N3/c1-3-13-49(14-4-1)62(50-15-5-2-6-16-50)57-30-29-54(55-17-9-10-18-56(55)57)42-21-19-41(20-22-42)48-35-44-23-25-46-38-53(39-47-26-24-45(36-48)58(44)59(46)47)61(51-31-33-60-34-32-51)52-28-27-40-11-7-8-12-43(40)37-52/h1-39H. The van der Waals surface area contributed by atoms with Crippen molar-refractivity contribution in [1.82, 2.24) is 4.98 Å². The third-order valence-corrected chi connectivity index (χ3v) is 12.4. The molecule has 0 atom stereocenters. The summed E-state index contributed by atoms with van der Waals surface area (Å²) in [6.07, 6.45) is 3.73. The van der Waals surface area contributed by atoms with E-state index < -0.39 is 0 Å². The van der Waals surface area contributed by atoms with E-state index in [9.17, 15) is 0 Å². The maximum absolute atomic E-state index is 4.33. The van der Waals surface area contributed by atoms with Gasteiger partial charge in [-0.05, 0) is 150 Å². The molecule has 0 N–H and O–H groups in total. The average Bonchev–Trinajstić information content (AvgIpc) is 3.34. The van der Waals surface area contributed by atoms with E-state index >= 15 is 0 Å². The Bertz CT molecular complexity index is 3460. The largest absolute Gasteiger partial charge is 0.310 e. The lowest BCUT2D eigenvalue weighted by molar-refractivity contribution is 1.25. The highest BCUT2D eigenvalue weighted by Gasteiger charge is 2.19. The highest BCUT2D eigenvalue weighted by atomic mass is 15.1. The van der Waals surface area contributed by atoms with Crippen LogP contribution in [0.4, 0.5) is 34.1 Å². The monoisotopic (exact) mass is 789 g/mol. The first kappa shape index (κ1) is 35.7. The fourth-order valence-electron chi connectivity index (χ4n) is 9.53. The number of para-hydroxylation sites is 2. The summed E-state index contributed by atoms with van der Waals surface area (Å²) in [6, 6.07) is 81.6. The van der Waals surface area contributed by atoms with Crippen molar-refractivity contribution in [2.75, 3.05) is 9.80 Å². The Kier molecular flexibility index (Phi) is 8.50. The van der Waals surface area contributed by atoms with Gasteiger partial charge in [0.1, 0.15) is 0 Å². The second-order valence-electron chi connectivity index (χ2n) is 16.0. The lowest BCUT2D eigenvalue weighted by Crippen LogP contribution is -2.10. The first-order valence-electron chi connectivity index (χ1n) is 21.2. The molecule has 0 unspecified atom stereocenters. The number of fused-ring (bicyclic) bond motifs is 2. The zero-order valence-electron chi connectivity index (χ0n) is 33.9. The van der Waals surface area contributed by atoms with Gasteiger partial charge < -0.3 is 9.80 Å². The van der Waals surface area contributed by atoms with Gasteiger partial charge in [-0.25, -0.2) is 0 Å². The van der Waals surface area contributed by atoms with E-state index in [-0.39, 0.29) is 0 Å². The van der Waals surface area contributed by atoms with E-state index in [2.05, 4.69) is 239 Å². The van der Waals surface area contributed by atoms with Crippen LogP contribution in [0.2, 0.25) is 0 Å². The summed E-state index contributed by atoms with van der Waals surface area (Å²) < 4.78 is 0. The van der Waals surface area contributed by atoms with Gasteiger partial charge in [-0.1, -0.05) is 146 Å². The molecule has 11 aromatic carbocycles. The maximum atomic E-state index is 4.33. The molecule has 12 aromatic rings. The Balaban J connectivity index is 0.910. The molecule has 0 spiro atoms. The molecule has 1 aromatic heterocycles. The van der Waals surface area contributed by atoms with Crippen LogP contribution in [0, 0.1) is 0 Å². The van der Waals surface area contributed by atoms with Crippen molar-refractivity contribution in [3.63, 3.8) is 0 Å². The molecule has 0 amide bonds. The normalized spacial score (nSPS) is 11.5. The van der Waals surface area contributed by atoms with Crippen molar-refractivity contribution < 1.29 is 0 Å². The number of hydrogen-bond donors (Lipinski definition) is 0. The molecular weight excluding hydrogens is 751 g/mol. The Morgan fingerprint density at radius 2 is 0.774 bits per heavy atom. The zero-order valence-corrected chi connectivity index (χ0v) is 33.9. The van der Waals surface area contributed by atoms with Crippen molar-refractivity contribution in [2.24, 2.45) is 0 Å². The van der Waals surface area contributed by atoms with E-state index in [1.54, 1.807) is 0 Å². The minimum atomic E-state index is 1.07. The van der Waals surface area contributed by atoms with Crippen LogP contribution in [-0.2, 0) is 0 Å². The van der Waals surface area contributed by atoms with Gasteiger partial charge in [0.05, 0.1) is 5.69 Å². The fourth-order valence-corrected chi connectivity index (χ4v) is 9.53. The van der Waals surface area contributed by atoms with Crippen LogP contribution in [0.5, 0.6) is 0 Å². The number of aromatic nitrogens is 1. The van der Waals surface area contributed by atoms with Gasteiger partial charge >= 0.3 is 0 Å². The summed E-state index contributed by atoms with van der Waals surface area (Å²) in [5.74, 6) is 0. The first-order chi connectivity index (χ1) is 30.7. The summed E-state index contributed by atoms with van der Waals surface area (Å²) in [4.78, 5) is 9.03. The Labute approximate surface area is 360 Å². The summed E-state index contributed by atoms with van der Waals surface area (Å²) in [7, 11) is 0. The predicted octanol–water partition coefficient (Wildman–Crippen LogP) is 16.6. The number of benzene rings is 11. The SMILES string of the molecule is c1ccc(N(c2ccccc2)c2ccc(-c3ccc(-c4cc5ccc6cc(N(c7ccncc7)c7ccc8ccccc8c7)cc7ccc(c4)c5c67)cc3)c3ccccc23)cc1. The molecule has 0 aliphatic rings. The Morgan fingerprint density at radius 1 is 0.274 bits per heavy atom. The quantitative estimate of drug-likeness (QED) is 0.143. The average molecular weight is 790 g/mol. The molecule has 290 valence electrons. The highest BCUT2D eigenvalue weighted by molar-refractivity contribution is 6.24. The molecule has 0 fully saturated rings. The zero-order chi connectivity index (χ0) is 41.0. The number of rotatable bonds is 8. The molecule has 0 bridgehead atoms. The number of nitrogens with zero attached hydrogens (tertiary/aromatic N) is 3. The van der Waals surface area contributed by atoms with Crippen LogP contribution in [-0.4, -0.2) is 4.98 Å². The third kappa shape index (κ3) is 6.10. The topological polar surface area (TPSA) is 19.4 Å². The van der Waals surface area contributed by atoms with E-state index in [0.717, 1.165) is 34.1 Å². The fraction of sp³-hybridized carbons (Fsp3) is 0. The minimum Gasteiger partial charge on any atom is -0.310 e. The number of pyridine rings is 1. The van der Waals surface area contributed by atoms with Crippen molar-refractivity contribution >= 4 is 88.0 Å². The molecular formula is C59H39N3. The van der Waals surface area contributed by atoms with E-state index in [4.69, 9.17) is 0 Å². The van der Waals surface area contributed by atoms with E-state index in [1.165, 1.54) is 76.1 Å². The summed E-state index contributed by atoms with van der Waals surface area (Å²) in [6.45, 7) is 0.